The molecule has 0 spiro atoms. The van der Waals surface area contributed by atoms with Crippen LogP contribution in [-0.4, -0.2) is 28.9 Å². The molecule has 1 amide bonds. The largest absolute Gasteiger partial charge is 0.347 e. The first-order valence-corrected chi connectivity index (χ1v) is 8.01. The number of nitrogens with one attached hydrogen (secondary N) is 1. The number of aromatic nitrogens is 1. The van der Waals surface area contributed by atoms with Gasteiger partial charge in [0.2, 0.25) is 0 Å². The standard InChI is InChI=1S/C18H19F2N3O/c19-15-9-16(20)17(21-11-15)18(24)22-10-13-3-5-14(6-4-13)12-23-7-1-2-8-23/h3-6,9,11H,1-2,7-8,10,12H2,(H,22,24). The van der Waals surface area contributed by atoms with Crippen molar-refractivity contribution in [2.24, 2.45) is 0 Å². The summed E-state index contributed by atoms with van der Waals surface area (Å²) in [6, 6.07) is 8.61. The van der Waals surface area contributed by atoms with Crippen LogP contribution >= 0.6 is 0 Å². The fourth-order valence-corrected chi connectivity index (χ4v) is 2.81. The Bertz CT molecular complexity index is 713. The molecule has 4 nitrogen and oxygen atoms in total. The zero-order valence-electron chi connectivity index (χ0n) is 13.3. The number of likely N-dealkylation sites (tertiary alicyclic amines) is 1. The summed E-state index contributed by atoms with van der Waals surface area (Å²) in [7, 11) is 0. The number of hydrogen-bond acceptors (Lipinski definition) is 3. The van der Waals surface area contributed by atoms with Crippen molar-refractivity contribution in [3.8, 4) is 0 Å². The number of benzene rings is 1. The molecule has 0 unspecified atom stereocenters. The molecule has 6 heteroatoms. The van der Waals surface area contributed by atoms with Crippen molar-refractivity contribution in [3.05, 3.63) is 65.0 Å². The van der Waals surface area contributed by atoms with Gasteiger partial charge in [-0.1, -0.05) is 24.3 Å². The van der Waals surface area contributed by atoms with Gasteiger partial charge in [-0.2, -0.15) is 0 Å². The van der Waals surface area contributed by atoms with Gasteiger partial charge >= 0.3 is 0 Å². The van der Waals surface area contributed by atoms with Crippen LogP contribution in [0.15, 0.2) is 36.5 Å². The molecule has 0 bridgehead atoms. The van der Waals surface area contributed by atoms with Crippen LogP contribution in [0.4, 0.5) is 8.78 Å². The van der Waals surface area contributed by atoms with E-state index in [0.717, 1.165) is 31.4 Å². The van der Waals surface area contributed by atoms with Crippen molar-refractivity contribution in [3.63, 3.8) is 0 Å². The Morgan fingerprint density at radius 2 is 1.79 bits per heavy atom. The topological polar surface area (TPSA) is 45.2 Å². The maximum atomic E-state index is 13.5. The van der Waals surface area contributed by atoms with E-state index in [4.69, 9.17) is 0 Å². The van der Waals surface area contributed by atoms with Crippen LogP contribution in [0.5, 0.6) is 0 Å². The molecule has 3 rings (SSSR count). The van der Waals surface area contributed by atoms with E-state index in [9.17, 15) is 13.6 Å². The van der Waals surface area contributed by atoms with Crippen molar-refractivity contribution in [1.29, 1.82) is 0 Å². The molecule has 1 aliphatic rings. The lowest BCUT2D eigenvalue weighted by molar-refractivity contribution is 0.0941. The number of amides is 1. The minimum Gasteiger partial charge on any atom is -0.347 e. The quantitative estimate of drug-likeness (QED) is 0.916. The second kappa shape index (κ2) is 7.49. The van der Waals surface area contributed by atoms with E-state index in [0.29, 0.717) is 6.07 Å². The molecule has 1 aliphatic heterocycles. The molecule has 24 heavy (non-hydrogen) atoms. The second-order valence-corrected chi connectivity index (χ2v) is 5.97. The Labute approximate surface area is 139 Å². The first-order chi connectivity index (χ1) is 11.6. The maximum absolute atomic E-state index is 13.5. The van der Waals surface area contributed by atoms with Crippen molar-refractivity contribution in [2.45, 2.75) is 25.9 Å². The summed E-state index contributed by atoms with van der Waals surface area (Å²) >= 11 is 0. The molecule has 1 fully saturated rings. The Kier molecular flexibility index (Phi) is 5.15. The maximum Gasteiger partial charge on any atom is 0.273 e. The highest BCUT2D eigenvalue weighted by Crippen LogP contribution is 2.13. The first-order valence-electron chi connectivity index (χ1n) is 8.01. The highest BCUT2D eigenvalue weighted by molar-refractivity contribution is 5.92. The molecule has 1 N–H and O–H groups in total. The van der Waals surface area contributed by atoms with Gasteiger partial charge in [0.25, 0.3) is 5.91 Å². The Balaban J connectivity index is 1.55. The zero-order valence-corrected chi connectivity index (χ0v) is 13.3. The smallest absolute Gasteiger partial charge is 0.273 e. The summed E-state index contributed by atoms with van der Waals surface area (Å²) in [5.74, 6) is -2.43. The van der Waals surface area contributed by atoms with E-state index in [1.165, 1.54) is 18.4 Å². The van der Waals surface area contributed by atoms with Crippen molar-refractivity contribution in [2.75, 3.05) is 13.1 Å². The van der Waals surface area contributed by atoms with Gasteiger partial charge in [0.05, 0.1) is 6.20 Å². The van der Waals surface area contributed by atoms with Gasteiger partial charge in [0.15, 0.2) is 11.5 Å². The number of carbonyl (C=O) groups excluding carboxylic acids is 1. The molecule has 0 saturated carbocycles. The van der Waals surface area contributed by atoms with Crippen LogP contribution in [0.3, 0.4) is 0 Å². The minimum absolute atomic E-state index is 0.265. The van der Waals surface area contributed by atoms with E-state index in [-0.39, 0.29) is 6.54 Å². The van der Waals surface area contributed by atoms with Crippen LogP contribution in [0, 0.1) is 11.6 Å². The average Bonchev–Trinajstić information content (AvgIpc) is 3.07. The predicted octanol–water partition coefficient (Wildman–Crippen LogP) is 2.89. The van der Waals surface area contributed by atoms with E-state index >= 15 is 0 Å². The SMILES string of the molecule is O=C(NCc1ccc(CN2CCCC2)cc1)c1ncc(F)cc1F. The molecule has 0 radical (unpaired) electrons. The Morgan fingerprint density at radius 3 is 2.46 bits per heavy atom. The number of rotatable bonds is 5. The second-order valence-electron chi connectivity index (χ2n) is 5.97. The number of pyridine rings is 1. The van der Waals surface area contributed by atoms with Crippen molar-refractivity contribution < 1.29 is 13.6 Å². The van der Waals surface area contributed by atoms with Gasteiger partial charge in [-0.25, -0.2) is 13.8 Å². The fourth-order valence-electron chi connectivity index (χ4n) is 2.81. The molecule has 1 aromatic heterocycles. The molecule has 0 atom stereocenters. The van der Waals surface area contributed by atoms with Gasteiger partial charge < -0.3 is 5.32 Å². The fraction of sp³-hybridized carbons (Fsp3) is 0.333. The Morgan fingerprint density at radius 1 is 1.12 bits per heavy atom. The van der Waals surface area contributed by atoms with E-state index < -0.39 is 23.2 Å². The number of halogens is 2. The number of nitrogens with zero attached hydrogens (tertiary/aromatic N) is 2. The summed E-state index contributed by atoms with van der Waals surface area (Å²) in [5, 5.41) is 2.59. The Hall–Kier alpha value is -2.34. The lowest BCUT2D eigenvalue weighted by Crippen LogP contribution is -2.25. The minimum atomic E-state index is -0.964. The lowest BCUT2D eigenvalue weighted by atomic mass is 10.1. The first kappa shape index (κ1) is 16.5. The van der Waals surface area contributed by atoms with E-state index in [1.807, 2.05) is 24.3 Å². The molecule has 1 saturated heterocycles. The molecular weight excluding hydrogens is 312 g/mol. The van der Waals surface area contributed by atoms with E-state index in [2.05, 4.69) is 15.2 Å². The van der Waals surface area contributed by atoms with Gasteiger partial charge in [-0.15, -0.1) is 0 Å². The van der Waals surface area contributed by atoms with Gasteiger partial charge in [0, 0.05) is 19.2 Å². The zero-order chi connectivity index (χ0) is 16.9. The lowest BCUT2D eigenvalue weighted by Gasteiger charge is -2.14. The van der Waals surface area contributed by atoms with E-state index in [1.54, 1.807) is 0 Å². The molecule has 2 aromatic rings. The van der Waals surface area contributed by atoms with Crippen LogP contribution < -0.4 is 5.32 Å². The summed E-state index contributed by atoms with van der Waals surface area (Å²) in [6.45, 7) is 3.50. The summed E-state index contributed by atoms with van der Waals surface area (Å²) < 4.78 is 26.3. The highest BCUT2D eigenvalue weighted by Gasteiger charge is 2.14. The summed E-state index contributed by atoms with van der Waals surface area (Å²) in [6.07, 6.45) is 3.35. The summed E-state index contributed by atoms with van der Waals surface area (Å²) in [4.78, 5) is 17.8. The monoisotopic (exact) mass is 331 g/mol. The van der Waals surface area contributed by atoms with Gasteiger partial charge in [0.1, 0.15) is 5.82 Å². The highest BCUT2D eigenvalue weighted by atomic mass is 19.1. The van der Waals surface area contributed by atoms with Gasteiger partial charge in [-0.3, -0.25) is 9.69 Å². The van der Waals surface area contributed by atoms with Crippen molar-refractivity contribution in [1.82, 2.24) is 15.2 Å². The van der Waals surface area contributed by atoms with Crippen LogP contribution in [0.1, 0.15) is 34.5 Å². The van der Waals surface area contributed by atoms with Crippen LogP contribution in [0.25, 0.3) is 0 Å². The normalized spacial score (nSPS) is 14.8. The third-order valence-electron chi connectivity index (χ3n) is 4.10. The van der Waals surface area contributed by atoms with Crippen LogP contribution in [0.2, 0.25) is 0 Å². The predicted molar refractivity (Wildman–Crippen MR) is 86.3 cm³/mol. The number of hydrogen-bond donors (Lipinski definition) is 1. The van der Waals surface area contributed by atoms with Crippen molar-refractivity contribution >= 4 is 5.91 Å². The number of carbonyl (C=O) groups is 1. The molecule has 126 valence electrons. The molecular formula is C18H19F2N3O. The van der Waals surface area contributed by atoms with Crippen LogP contribution in [-0.2, 0) is 13.1 Å². The third kappa shape index (κ3) is 4.14. The third-order valence-corrected chi connectivity index (χ3v) is 4.10. The molecule has 2 heterocycles. The molecule has 0 aliphatic carbocycles. The summed E-state index contributed by atoms with van der Waals surface area (Å²) in [5.41, 5.74) is 1.75. The average molecular weight is 331 g/mol. The molecule has 1 aromatic carbocycles. The van der Waals surface area contributed by atoms with Gasteiger partial charge in [-0.05, 0) is 37.1 Å².